The first-order valence-corrected chi connectivity index (χ1v) is 6.16. The van der Waals surface area contributed by atoms with Gasteiger partial charge in [-0.3, -0.25) is 4.79 Å². The average molecular weight is 257 g/mol. The molecule has 19 heavy (non-hydrogen) atoms. The number of ketones is 1. The van der Waals surface area contributed by atoms with Gasteiger partial charge in [0.05, 0.1) is 6.54 Å². The average Bonchev–Trinajstić information content (AvgIpc) is 2.40. The summed E-state index contributed by atoms with van der Waals surface area (Å²) in [5.74, 6) is -0.389. The summed E-state index contributed by atoms with van der Waals surface area (Å²) in [7, 11) is 0. The van der Waals surface area contributed by atoms with Crippen molar-refractivity contribution in [2.45, 2.75) is 13.8 Å². The van der Waals surface area contributed by atoms with Gasteiger partial charge >= 0.3 is 0 Å². The number of anilines is 1. The van der Waals surface area contributed by atoms with Crippen molar-refractivity contribution in [3.8, 4) is 0 Å². The zero-order valence-electron chi connectivity index (χ0n) is 11.0. The fraction of sp³-hybridized carbons (Fsp3) is 0.188. The summed E-state index contributed by atoms with van der Waals surface area (Å²) in [6.45, 7) is 4.20. The number of aryl methyl sites for hydroxylation is 2. The Hall–Kier alpha value is -2.16. The number of nitrogens with one attached hydrogen (secondary N) is 1. The van der Waals surface area contributed by atoms with E-state index in [4.69, 9.17) is 0 Å². The van der Waals surface area contributed by atoms with Gasteiger partial charge in [0.15, 0.2) is 5.78 Å². The highest BCUT2D eigenvalue weighted by Crippen LogP contribution is 2.16. The molecular formula is C16H16FNO. The van der Waals surface area contributed by atoms with Crippen LogP contribution >= 0.6 is 0 Å². The maximum atomic E-state index is 12.8. The number of Topliss-reactive ketones (excluding diaryl/α,β-unsaturated/α-hetero) is 1. The second-order valence-corrected chi connectivity index (χ2v) is 4.60. The molecule has 0 aromatic heterocycles. The molecule has 2 rings (SSSR count). The van der Waals surface area contributed by atoms with Gasteiger partial charge in [0.2, 0.25) is 0 Å². The van der Waals surface area contributed by atoms with Crippen LogP contribution in [0.15, 0.2) is 42.5 Å². The van der Waals surface area contributed by atoms with Gasteiger partial charge in [-0.2, -0.15) is 0 Å². The fourth-order valence-corrected chi connectivity index (χ4v) is 1.84. The van der Waals surface area contributed by atoms with Gasteiger partial charge in [0, 0.05) is 11.3 Å². The Bertz CT molecular complexity index is 590. The Balaban J connectivity index is 2.04. The van der Waals surface area contributed by atoms with E-state index in [1.165, 1.54) is 24.3 Å². The minimum atomic E-state index is -0.334. The molecule has 2 aromatic rings. The summed E-state index contributed by atoms with van der Waals surface area (Å²) in [5.41, 5.74) is 3.70. The fourth-order valence-electron chi connectivity index (χ4n) is 1.84. The second-order valence-electron chi connectivity index (χ2n) is 4.60. The molecule has 0 aliphatic rings. The maximum Gasteiger partial charge on any atom is 0.181 e. The number of halogens is 1. The first-order valence-electron chi connectivity index (χ1n) is 6.16. The van der Waals surface area contributed by atoms with E-state index >= 15 is 0 Å². The van der Waals surface area contributed by atoms with Gasteiger partial charge < -0.3 is 5.32 Å². The van der Waals surface area contributed by atoms with Gasteiger partial charge in [-0.05, 0) is 55.3 Å². The molecule has 0 fully saturated rings. The predicted molar refractivity (Wildman–Crippen MR) is 75.1 cm³/mol. The molecule has 2 aromatic carbocycles. The largest absolute Gasteiger partial charge is 0.377 e. The third-order valence-corrected chi connectivity index (χ3v) is 3.00. The van der Waals surface area contributed by atoms with Crippen molar-refractivity contribution in [1.82, 2.24) is 0 Å². The van der Waals surface area contributed by atoms with Crippen LogP contribution in [0.2, 0.25) is 0 Å². The molecule has 0 unspecified atom stereocenters. The molecule has 0 atom stereocenters. The summed E-state index contributed by atoms with van der Waals surface area (Å²) >= 11 is 0. The van der Waals surface area contributed by atoms with E-state index in [1.54, 1.807) is 0 Å². The zero-order chi connectivity index (χ0) is 13.8. The van der Waals surface area contributed by atoms with E-state index in [1.807, 2.05) is 32.0 Å². The number of rotatable bonds is 4. The van der Waals surface area contributed by atoms with Crippen LogP contribution in [0.4, 0.5) is 10.1 Å². The van der Waals surface area contributed by atoms with E-state index in [-0.39, 0.29) is 18.1 Å². The van der Waals surface area contributed by atoms with Crippen LogP contribution in [0.3, 0.4) is 0 Å². The van der Waals surface area contributed by atoms with Crippen LogP contribution < -0.4 is 5.32 Å². The number of carbonyl (C=O) groups is 1. The zero-order valence-corrected chi connectivity index (χ0v) is 11.0. The number of hydrogen-bond acceptors (Lipinski definition) is 2. The molecule has 0 heterocycles. The Morgan fingerprint density at radius 2 is 1.79 bits per heavy atom. The molecule has 0 spiro atoms. The highest BCUT2D eigenvalue weighted by molar-refractivity contribution is 5.99. The van der Waals surface area contributed by atoms with Crippen molar-refractivity contribution >= 4 is 11.5 Å². The molecule has 0 amide bonds. The van der Waals surface area contributed by atoms with Gasteiger partial charge in [0.25, 0.3) is 0 Å². The van der Waals surface area contributed by atoms with Crippen LogP contribution in [-0.2, 0) is 0 Å². The van der Waals surface area contributed by atoms with Gasteiger partial charge in [0.1, 0.15) is 5.82 Å². The van der Waals surface area contributed by atoms with Crippen LogP contribution in [-0.4, -0.2) is 12.3 Å². The van der Waals surface area contributed by atoms with E-state index in [0.717, 1.165) is 16.8 Å². The normalized spacial score (nSPS) is 10.3. The first-order chi connectivity index (χ1) is 9.06. The lowest BCUT2D eigenvalue weighted by Gasteiger charge is -2.10. The molecule has 1 N–H and O–H groups in total. The lowest BCUT2D eigenvalue weighted by molar-refractivity contribution is 0.101. The number of benzene rings is 2. The molecule has 0 radical (unpaired) electrons. The van der Waals surface area contributed by atoms with E-state index in [0.29, 0.717) is 5.56 Å². The minimum absolute atomic E-state index is 0.0547. The van der Waals surface area contributed by atoms with E-state index < -0.39 is 0 Å². The summed E-state index contributed by atoms with van der Waals surface area (Å²) in [6, 6.07) is 11.6. The Morgan fingerprint density at radius 1 is 1.11 bits per heavy atom. The smallest absolute Gasteiger partial charge is 0.181 e. The van der Waals surface area contributed by atoms with Crippen LogP contribution in [0.25, 0.3) is 0 Å². The molecule has 98 valence electrons. The highest BCUT2D eigenvalue weighted by atomic mass is 19.1. The van der Waals surface area contributed by atoms with E-state index in [2.05, 4.69) is 5.32 Å². The Labute approximate surface area is 112 Å². The maximum absolute atomic E-state index is 12.8. The molecule has 2 nitrogen and oxygen atoms in total. The van der Waals surface area contributed by atoms with Crippen LogP contribution in [0, 0.1) is 19.7 Å². The van der Waals surface area contributed by atoms with Crippen molar-refractivity contribution in [2.24, 2.45) is 0 Å². The van der Waals surface area contributed by atoms with Crippen molar-refractivity contribution in [1.29, 1.82) is 0 Å². The minimum Gasteiger partial charge on any atom is -0.377 e. The van der Waals surface area contributed by atoms with E-state index in [9.17, 15) is 9.18 Å². The Kier molecular flexibility index (Phi) is 3.95. The highest BCUT2D eigenvalue weighted by Gasteiger charge is 2.06. The lowest BCUT2D eigenvalue weighted by Crippen LogP contribution is -2.14. The SMILES string of the molecule is Cc1ccc(C)c(NCC(=O)c2ccc(F)cc2)c1. The van der Waals surface area contributed by atoms with Crippen LogP contribution in [0.1, 0.15) is 21.5 Å². The molecule has 3 heteroatoms. The summed E-state index contributed by atoms with van der Waals surface area (Å²) in [6.07, 6.45) is 0. The topological polar surface area (TPSA) is 29.1 Å². The Morgan fingerprint density at radius 3 is 2.47 bits per heavy atom. The number of carbonyl (C=O) groups excluding carboxylic acids is 1. The molecular weight excluding hydrogens is 241 g/mol. The molecule has 0 aliphatic carbocycles. The van der Waals surface area contributed by atoms with Gasteiger partial charge in [-0.25, -0.2) is 4.39 Å². The lowest BCUT2D eigenvalue weighted by atomic mass is 10.1. The quantitative estimate of drug-likeness (QED) is 0.845. The standard InChI is InChI=1S/C16H16FNO/c1-11-3-4-12(2)15(9-11)18-10-16(19)13-5-7-14(17)8-6-13/h3-9,18H,10H2,1-2H3. The van der Waals surface area contributed by atoms with Gasteiger partial charge in [-0.15, -0.1) is 0 Å². The summed E-state index contributed by atoms with van der Waals surface area (Å²) in [5, 5.41) is 3.12. The monoisotopic (exact) mass is 257 g/mol. The van der Waals surface area contributed by atoms with Crippen molar-refractivity contribution in [3.05, 3.63) is 65.0 Å². The van der Waals surface area contributed by atoms with Gasteiger partial charge in [-0.1, -0.05) is 12.1 Å². The van der Waals surface area contributed by atoms with Crippen molar-refractivity contribution in [2.75, 3.05) is 11.9 Å². The summed E-state index contributed by atoms with van der Waals surface area (Å²) in [4.78, 5) is 11.9. The molecule has 0 saturated heterocycles. The molecule has 0 saturated carbocycles. The summed E-state index contributed by atoms with van der Waals surface area (Å²) < 4.78 is 12.8. The predicted octanol–water partition coefficient (Wildman–Crippen LogP) is 3.74. The van der Waals surface area contributed by atoms with Crippen molar-refractivity contribution in [3.63, 3.8) is 0 Å². The molecule has 0 bridgehead atoms. The molecule has 0 aliphatic heterocycles. The van der Waals surface area contributed by atoms with Crippen LogP contribution in [0.5, 0.6) is 0 Å². The third kappa shape index (κ3) is 3.41. The van der Waals surface area contributed by atoms with Crippen molar-refractivity contribution < 1.29 is 9.18 Å². The first kappa shape index (κ1) is 13.3. The second kappa shape index (κ2) is 5.65. The number of hydrogen-bond donors (Lipinski definition) is 1. The third-order valence-electron chi connectivity index (χ3n) is 3.00.